The van der Waals surface area contributed by atoms with Gasteiger partial charge in [0, 0.05) is 17.1 Å². The van der Waals surface area contributed by atoms with E-state index in [1.807, 2.05) is 6.07 Å². The van der Waals surface area contributed by atoms with E-state index >= 15 is 0 Å². The van der Waals surface area contributed by atoms with E-state index in [-0.39, 0.29) is 5.75 Å². The van der Waals surface area contributed by atoms with Gasteiger partial charge in [-0.3, -0.25) is 0 Å². The Morgan fingerprint density at radius 3 is 2.74 bits per heavy atom. The molecule has 96 valence electrons. The molecule has 0 heterocycles. The van der Waals surface area contributed by atoms with Crippen LogP contribution in [-0.2, 0) is 6.54 Å². The minimum absolute atomic E-state index is 0.117. The molecule has 2 aromatic rings. The van der Waals surface area contributed by atoms with E-state index in [2.05, 4.69) is 27.3 Å². The lowest BCUT2D eigenvalue weighted by molar-refractivity contribution is 0.468. The standard InChI is InChI=1S/C14H10BrFN2O/c15-11-1-2-14(10(5-11)7-17)18-8-9-3-12(16)6-13(19)4-9/h1-6,18-19H,8H2. The number of nitrogens with zero attached hydrogens (tertiary/aromatic N) is 1. The van der Waals surface area contributed by atoms with Gasteiger partial charge in [-0.1, -0.05) is 15.9 Å². The summed E-state index contributed by atoms with van der Waals surface area (Å²) in [7, 11) is 0. The molecule has 0 amide bonds. The maximum absolute atomic E-state index is 13.1. The largest absolute Gasteiger partial charge is 0.508 e. The summed E-state index contributed by atoms with van der Waals surface area (Å²) in [5, 5.41) is 21.4. The van der Waals surface area contributed by atoms with Crippen LogP contribution >= 0.6 is 15.9 Å². The van der Waals surface area contributed by atoms with Crippen molar-refractivity contribution in [2.45, 2.75) is 6.54 Å². The number of anilines is 1. The fourth-order valence-electron chi connectivity index (χ4n) is 1.70. The van der Waals surface area contributed by atoms with Crippen molar-refractivity contribution < 1.29 is 9.50 Å². The van der Waals surface area contributed by atoms with Crippen LogP contribution in [0.4, 0.5) is 10.1 Å². The van der Waals surface area contributed by atoms with Crippen LogP contribution in [0.5, 0.6) is 5.75 Å². The second-order valence-corrected chi connectivity index (χ2v) is 4.89. The first kappa shape index (κ1) is 13.4. The number of halogens is 2. The highest BCUT2D eigenvalue weighted by molar-refractivity contribution is 9.10. The van der Waals surface area contributed by atoms with Crippen molar-refractivity contribution in [1.29, 1.82) is 5.26 Å². The lowest BCUT2D eigenvalue weighted by Crippen LogP contribution is -2.01. The van der Waals surface area contributed by atoms with Crippen LogP contribution in [0.1, 0.15) is 11.1 Å². The molecule has 0 aliphatic rings. The molecule has 0 fully saturated rings. The molecular weight excluding hydrogens is 311 g/mol. The van der Waals surface area contributed by atoms with Gasteiger partial charge in [-0.25, -0.2) is 4.39 Å². The van der Waals surface area contributed by atoms with E-state index in [0.29, 0.717) is 23.4 Å². The summed E-state index contributed by atoms with van der Waals surface area (Å²) in [4.78, 5) is 0. The van der Waals surface area contributed by atoms with Crippen LogP contribution < -0.4 is 5.32 Å². The van der Waals surface area contributed by atoms with Gasteiger partial charge >= 0.3 is 0 Å². The highest BCUT2D eigenvalue weighted by atomic mass is 79.9. The molecule has 3 nitrogen and oxygen atoms in total. The predicted molar refractivity (Wildman–Crippen MR) is 74.2 cm³/mol. The molecule has 0 radical (unpaired) electrons. The zero-order valence-electron chi connectivity index (χ0n) is 9.82. The van der Waals surface area contributed by atoms with Crippen LogP contribution in [0.15, 0.2) is 40.9 Å². The number of phenolic OH excluding ortho intramolecular Hbond substituents is 1. The van der Waals surface area contributed by atoms with E-state index < -0.39 is 5.82 Å². The topological polar surface area (TPSA) is 56.0 Å². The first-order chi connectivity index (χ1) is 9.08. The maximum Gasteiger partial charge on any atom is 0.127 e. The van der Waals surface area contributed by atoms with Crippen LogP contribution in [0, 0.1) is 17.1 Å². The third-order valence-corrected chi connectivity index (χ3v) is 3.02. The van der Waals surface area contributed by atoms with Gasteiger partial charge in [0.15, 0.2) is 0 Å². The third-order valence-electron chi connectivity index (χ3n) is 2.53. The van der Waals surface area contributed by atoms with Crippen molar-refractivity contribution >= 4 is 21.6 Å². The van der Waals surface area contributed by atoms with Crippen molar-refractivity contribution in [3.05, 3.63) is 57.8 Å². The van der Waals surface area contributed by atoms with Gasteiger partial charge in [0.1, 0.15) is 17.6 Å². The van der Waals surface area contributed by atoms with Crippen LogP contribution in [-0.4, -0.2) is 5.11 Å². The molecule has 0 atom stereocenters. The molecule has 0 bridgehead atoms. The summed E-state index contributed by atoms with van der Waals surface area (Å²) in [6.45, 7) is 0.321. The molecule has 0 aromatic heterocycles. The Bertz CT molecular complexity index is 632. The third kappa shape index (κ3) is 3.46. The monoisotopic (exact) mass is 320 g/mol. The van der Waals surface area contributed by atoms with Crippen LogP contribution in [0.25, 0.3) is 0 Å². The average molecular weight is 321 g/mol. The summed E-state index contributed by atoms with van der Waals surface area (Å²) >= 11 is 3.29. The molecule has 0 aliphatic heterocycles. The van der Waals surface area contributed by atoms with Crippen molar-refractivity contribution in [3.8, 4) is 11.8 Å². The molecule has 2 N–H and O–H groups in total. The quantitative estimate of drug-likeness (QED) is 0.904. The minimum Gasteiger partial charge on any atom is -0.508 e. The molecule has 0 unspecified atom stereocenters. The Kier molecular flexibility index (Phi) is 4.03. The van der Waals surface area contributed by atoms with Gasteiger partial charge in [0.2, 0.25) is 0 Å². The Morgan fingerprint density at radius 2 is 2.05 bits per heavy atom. The van der Waals surface area contributed by atoms with Crippen molar-refractivity contribution in [2.24, 2.45) is 0 Å². The van der Waals surface area contributed by atoms with Crippen LogP contribution in [0.3, 0.4) is 0 Å². The highest BCUT2D eigenvalue weighted by Crippen LogP contribution is 2.22. The number of benzene rings is 2. The highest BCUT2D eigenvalue weighted by Gasteiger charge is 2.04. The number of hydrogen-bond acceptors (Lipinski definition) is 3. The Morgan fingerprint density at radius 1 is 1.26 bits per heavy atom. The lowest BCUT2D eigenvalue weighted by Gasteiger charge is -2.09. The van der Waals surface area contributed by atoms with Gasteiger partial charge in [-0.2, -0.15) is 5.26 Å². The summed E-state index contributed by atoms with van der Waals surface area (Å²) < 4.78 is 13.9. The summed E-state index contributed by atoms with van der Waals surface area (Å²) in [5.74, 6) is -0.610. The lowest BCUT2D eigenvalue weighted by atomic mass is 10.1. The van der Waals surface area contributed by atoms with Gasteiger partial charge in [-0.15, -0.1) is 0 Å². The number of phenols is 1. The normalized spacial score (nSPS) is 9.95. The molecule has 2 aromatic carbocycles. The Hall–Kier alpha value is -2.06. The average Bonchev–Trinajstić information content (AvgIpc) is 2.36. The number of hydrogen-bond donors (Lipinski definition) is 2. The van der Waals surface area contributed by atoms with Crippen LogP contribution in [0.2, 0.25) is 0 Å². The zero-order valence-corrected chi connectivity index (χ0v) is 11.4. The number of nitriles is 1. The Balaban J connectivity index is 2.17. The fraction of sp³-hybridized carbons (Fsp3) is 0.0714. The SMILES string of the molecule is N#Cc1cc(Br)ccc1NCc1cc(O)cc(F)c1. The molecular formula is C14H10BrFN2O. The number of rotatable bonds is 3. The second kappa shape index (κ2) is 5.72. The molecule has 0 saturated heterocycles. The molecule has 2 rings (SSSR count). The van der Waals surface area contributed by atoms with Gasteiger partial charge in [-0.05, 0) is 35.9 Å². The van der Waals surface area contributed by atoms with Crippen molar-refractivity contribution in [2.75, 3.05) is 5.32 Å². The second-order valence-electron chi connectivity index (χ2n) is 3.97. The summed E-state index contributed by atoms with van der Waals surface area (Å²) in [5.41, 5.74) is 1.76. The van der Waals surface area contributed by atoms with Crippen molar-refractivity contribution in [1.82, 2.24) is 0 Å². The minimum atomic E-state index is -0.492. The summed E-state index contributed by atoms with van der Waals surface area (Å²) in [6, 6.07) is 11.2. The van der Waals surface area contributed by atoms with E-state index in [9.17, 15) is 9.50 Å². The van der Waals surface area contributed by atoms with E-state index in [0.717, 1.165) is 10.5 Å². The summed E-state index contributed by atoms with van der Waals surface area (Å²) in [6.07, 6.45) is 0. The molecule has 19 heavy (non-hydrogen) atoms. The maximum atomic E-state index is 13.1. The molecule has 0 spiro atoms. The number of aromatic hydroxyl groups is 1. The predicted octanol–water partition coefficient (Wildman–Crippen LogP) is 3.78. The Labute approximate surface area is 118 Å². The van der Waals surface area contributed by atoms with Gasteiger partial charge < -0.3 is 10.4 Å². The molecule has 5 heteroatoms. The van der Waals surface area contributed by atoms with Gasteiger partial charge in [0.05, 0.1) is 11.3 Å². The van der Waals surface area contributed by atoms with E-state index in [1.165, 1.54) is 12.1 Å². The fourth-order valence-corrected chi connectivity index (χ4v) is 2.06. The molecule has 0 saturated carbocycles. The van der Waals surface area contributed by atoms with Gasteiger partial charge in [0.25, 0.3) is 0 Å². The van der Waals surface area contributed by atoms with Crippen molar-refractivity contribution in [3.63, 3.8) is 0 Å². The smallest absolute Gasteiger partial charge is 0.127 e. The molecule has 0 aliphatic carbocycles. The first-order valence-corrected chi connectivity index (χ1v) is 6.30. The van der Waals surface area contributed by atoms with E-state index in [4.69, 9.17) is 5.26 Å². The number of nitrogens with one attached hydrogen (secondary N) is 1. The first-order valence-electron chi connectivity index (χ1n) is 5.50. The zero-order chi connectivity index (χ0) is 13.8. The van der Waals surface area contributed by atoms with E-state index in [1.54, 1.807) is 12.1 Å².